The normalized spacial score (nSPS) is 11.5. The first-order valence-corrected chi connectivity index (χ1v) is 6.13. The van der Waals surface area contributed by atoms with Gasteiger partial charge in [0, 0.05) is 11.6 Å². The third-order valence-corrected chi connectivity index (χ3v) is 2.71. The molecule has 21 heavy (non-hydrogen) atoms. The van der Waals surface area contributed by atoms with Crippen molar-refractivity contribution in [1.82, 2.24) is 0 Å². The van der Waals surface area contributed by atoms with Crippen molar-refractivity contribution in [3.8, 4) is 11.5 Å². The zero-order valence-electron chi connectivity index (χ0n) is 11.1. The van der Waals surface area contributed by atoms with Crippen LogP contribution in [-0.2, 0) is 17.1 Å². The maximum Gasteiger partial charge on any atom is 2.00 e. The summed E-state index contributed by atoms with van der Waals surface area (Å²) in [6.07, 6.45) is 6.86. The molecule has 108 valence electrons. The summed E-state index contributed by atoms with van der Waals surface area (Å²) in [5, 5.41) is 30.4. The molecule has 3 nitrogen and oxygen atoms in total. The molecule has 0 heterocycles. The number of benzene rings is 1. The maximum absolute atomic E-state index is 11.8. The van der Waals surface area contributed by atoms with Crippen molar-refractivity contribution in [3.05, 3.63) is 84.0 Å². The van der Waals surface area contributed by atoms with Crippen LogP contribution in [0, 0.1) is 0 Å². The first-order chi connectivity index (χ1) is 9.68. The van der Waals surface area contributed by atoms with E-state index in [4.69, 9.17) is 5.11 Å². The van der Waals surface area contributed by atoms with E-state index in [1.165, 1.54) is 12.1 Å². The molecule has 0 bridgehead atoms. The summed E-state index contributed by atoms with van der Waals surface area (Å²) < 4.78 is 0. The Hall–Kier alpha value is -2.29. The van der Waals surface area contributed by atoms with E-state index in [-0.39, 0.29) is 39.9 Å². The molecular formula is C17H14FeO3. The van der Waals surface area contributed by atoms with Crippen molar-refractivity contribution in [2.45, 2.75) is 0 Å². The van der Waals surface area contributed by atoms with E-state index in [0.29, 0.717) is 5.57 Å². The Bertz CT molecular complexity index is 621. The average molecular weight is 322 g/mol. The quantitative estimate of drug-likeness (QED) is 0.482. The monoisotopic (exact) mass is 322 g/mol. The Labute approximate surface area is 134 Å². The van der Waals surface area contributed by atoms with Crippen LogP contribution in [0.15, 0.2) is 78.4 Å². The molecule has 0 aromatic heterocycles. The van der Waals surface area contributed by atoms with Gasteiger partial charge in [-0.1, -0.05) is 30.1 Å². The van der Waals surface area contributed by atoms with Crippen molar-refractivity contribution in [3.63, 3.8) is 0 Å². The minimum atomic E-state index is -0.252. The minimum Gasteiger partial charge on any atom is -0.872 e. The fourth-order valence-electron chi connectivity index (χ4n) is 1.71. The molecular weight excluding hydrogens is 308 g/mol. The molecule has 0 saturated heterocycles. The van der Waals surface area contributed by atoms with Gasteiger partial charge in [0.1, 0.15) is 11.5 Å². The molecule has 0 amide bonds. The molecule has 1 aliphatic rings. The second-order valence-electron chi connectivity index (χ2n) is 4.17. The van der Waals surface area contributed by atoms with E-state index in [1.807, 2.05) is 30.3 Å². The summed E-state index contributed by atoms with van der Waals surface area (Å²) in [7, 11) is 0. The number of aromatic hydroxyl groups is 2. The van der Waals surface area contributed by atoms with Gasteiger partial charge in [0.05, 0.1) is 0 Å². The van der Waals surface area contributed by atoms with E-state index in [1.54, 1.807) is 24.3 Å². The smallest absolute Gasteiger partial charge is 0.872 e. The summed E-state index contributed by atoms with van der Waals surface area (Å²) >= 11 is 0. The third-order valence-electron chi connectivity index (χ3n) is 2.71. The zero-order valence-corrected chi connectivity index (χ0v) is 12.2. The van der Waals surface area contributed by atoms with Crippen LogP contribution in [0.25, 0.3) is 5.76 Å². The van der Waals surface area contributed by atoms with Crippen molar-refractivity contribution >= 4 is 5.76 Å². The molecule has 2 aromatic carbocycles. The maximum atomic E-state index is 11.8. The Morgan fingerprint density at radius 3 is 2.10 bits per heavy atom. The predicted molar refractivity (Wildman–Crippen MR) is 77.0 cm³/mol. The van der Waals surface area contributed by atoms with Crippen molar-refractivity contribution in [2.24, 2.45) is 0 Å². The Balaban J connectivity index is 0.000000313. The summed E-state index contributed by atoms with van der Waals surface area (Å²) in [5.74, 6) is -0.523. The van der Waals surface area contributed by atoms with Gasteiger partial charge in [0.15, 0.2) is 0 Å². The van der Waals surface area contributed by atoms with Gasteiger partial charge in [-0.15, -0.1) is 0 Å². The Kier molecular flexibility index (Phi) is 6.46. The first kappa shape index (κ1) is 16.8. The summed E-state index contributed by atoms with van der Waals surface area (Å²) in [4.78, 5) is 0. The van der Waals surface area contributed by atoms with Crippen LogP contribution in [0.4, 0.5) is 0 Å². The van der Waals surface area contributed by atoms with Crippen LogP contribution < -0.4 is 5.11 Å². The van der Waals surface area contributed by atoms with Gasteiger partial charge >= 0.3 is 17.1 Å². The van der Waals surface area contributed by atoms with Crippen LogP contribution in [0.1, 0.15) is 5.56 Å². The van der Waals surface area contributed by atoms with E-state index in [9.17, 15) is 10.2 Å². The van der Waals surface area contributed by atoms with Crippen LogP contribution >= 0.6 is 0 Å². The Morgan fingerprint density at radius 2 is 1.62 bits per heavy atom. The fraction of sp³-hybridized carbons (Fsp3) is 0. The van der Waals surface area contributed by atoms with Crippen LogP contribution in [0.5, 0.6) is 11.5 Å². The largest absolute Gasteiger partial charge is 2.00 e. The fourth-order valence-corrected chi connectivity index (χ4v) is 1.71. The second-order valence-corrected chi connectivity index (χ2v) is 4.17. The predicted octanol–water partition coefficient (Wildman–Crippen LogP) is 2.70. The molecule has 2 N–H and O–H groups in total. The number of rotatable bonds is 1. The van der Waals surface area contributed by atoms with E-state index in [0.717, 1.165) is 6.07 Å². The number of phenolic OH excluding ortho intramolecular Hbond substituents is 2. The van der Waals surface area contributed by atoms with E-state index in [2.05, 4.69) is 0 Å². The van der Waals surface area contributed by atoms with Crippen molar-refractivity contribution in [2.75, 3.05) is 0 Å². The molecule has 0 unspecified atom stereocenters. The molecule has 0 radical (unpaired) electrons. The van der Waals surface area contributed by atoms with Crippen molar-refractivity contribution in [1.29, 1.82) is 0 Å². The van der Waals surface area contributed by atoms with Crippen LogP contribution in [0.3, 0.4) is 0 Å². The Morgan fingerprint density at radius 1 is 1.00 bits per heavy atom. The topological polar surface area (TPSA) is 63.5 Å². The van der Waals surface area contributed by atoms with Gasteiger partial charge in [0.2, 0.25) is 0 Å². The molecule has 0 saturated carbocycles. The SMILES string of the molecule is [Fe+2].[O-]C(=C1C=CC=C1)c1ccc(O)cc1O.c1cc[cH-]c1. The average Bonchev–Trinajstić information content (AvgIpc) is 3.14. The van der Waals surface area contributed by atoms with Crippen LogP contribution in [-0.4, -0.2) is 10.2 Å². The summed E-state index contributed by atoms with van der Waals surface area (Å²) in [5.41, 5.74) is 0.718. The molecule has 0 aliphatic heterocycles. The number of hydrogen-bond donors (Lipinski definition) is 2. The van der Waals surface area contributed by atoms with E-state index < -0.39 is 0 Å². The molecule has 2 aromatic rings. The van der Waals surface area contributed by atoms with Gasteiger partial charge in [-0.25, -0.2) is 12.1 Å². The van der Waals surface area contributed by atoms with E-state index >= 15 is 0 Å². The summed E-state index contributed by atoms with van der Waals surface area (Å²) in [6.45, 7) is 0. The molecule has 0 atom stereocenters. The van der Waals surface area contributed by atoms with Crippen LogP contribution in [0.2, 0.25) is 0 Å². The van der Waals surface area contributed by atoms with Gasteiger partial charge < -0.3 is 15.3 Å². The molecule has 3 rings (SSSR count). The number of hydrogen-bond acceptors (Lipinski definition) is 3. The first-order valence-electron chi connectivity index (χ1n) is 6.13. The molecule has 0 spiro atoms. The molecule has 1 aliphatic carbocycles. The summed E-state index contributed by atoms with van der Waals surface area (Å²) in [6, 6.07) is 13.9. The van der Waals surface area contributed by atoms with Crippen molar-refractivity contribution < 1.29 is 32.4 Å². The van der Waals surface area contributed by atoms with Gasteiger partial charge in [0.25, 0.3) is 0 Å². The number of allylic oxidation sites excluding steroid dienone is 5. The molecule has 0 fully saturated rings. The minimum absolute atomic E-state index is 0. The number of phenols is 2. The van der Waals surface area contributed by atoms with Gasteiger partial charge in [-0.3, -0.25) is 0 Å². The zero-order chi connectivity index (χ0) is 14.4. The third kappa shape index (κ3) is 4.63. The van der Waals surface area contributed by atoms with Gasteiger partial charge in [-0.2, -0.15) is 18.2 Å². The second kappa shape index (κ2) is 8.10. The van der Waals surface area contributed by atoms with Gasteiger partial charge in [-0.05, 0) is 17.7 Å². The standard InChI is InChI=1S/C12H10O3.C5H5.Fe/c13-9-5-6-10(11(14)7-9)12(15)8-3-1-2-4-8;1-2-4-5-3-1;/h1-7,13-15H;1-5H;/q;-1;+2/p-1. The molecule has 4 heteroatoms.